The average Bonchev–Trinajstić information content (AvgIpc) is 2.39. The van der Waals surface area contributed by atoms with Crippen molar-refractivity contribution >= 4 is 11.7 Å². The monoisotopic (exact) mass is 249 g/mol. The number of carbonyl (C=O) groups excluding carboxylic acids is 1. The van der Waals surface area contributed by atoms with Gasteiger partial charge in [0, 0.05) is 31.5 Å². The first-order valence-electron chi connectivity index (χ1n) is 6.33. The average molecular weight is 249 g/mol. The highest BCUT2D eigenvalue weighted by Gasteiger charge is 2.23. The SMILES string of the molecule is CCOC1CCN(C(=O)c2ccnc(N)c2)CC1. The molecule has 0 saturated carbocycles. The van der Waals surface area contributed by atoms with Crippen molar-refractivity contribution in [3.8, 4) is 0 Å². The second-order valence-electron chi connectivity index (χ2n) is 4.42. The Morgan fingerprint density at radius 3 is 2.89 bits per heavy atom. The van der Waals surface area contributed by atoms with E-state index >= 15 is 0 Å². The Morgan fingerprint density at radius 1 is 1.56 bits per heavy atom. The van der Waals surface area contributed by atoms with Gasteiger partial charge in [-0.25, -0.2) is 4.98 Å². The molecule has 5 nitrogen and oxygen atoms in total. The molecule has 2 rings (SSSR count). The van der Waals surface area contributed by atoms with E-state index in [1.165, 1.54) is 0 Å². The Kier molecular flexibility index (Phi) is 4.15. The molecule has 0 radical (unpaired) electrons. The summed E-state index contributed by atoms with van der Waals surface area (Å²) in [6, 6.07) is 3.32. The second-order valence-corrected chi connectivity index (χ2v) is 4.42. The van der Waals surface area contributed by atoms with E-state index in [4.69, 9.17) is 10.5 Å². The molecule has 1 aromatic rings. The Balaban J connectivity index is 1.95. The van der Waals surface area contributed by atoms with Crippen LogP contribution in [0.15, 0.2) is 18.3 Å². The molecule has 1 aliphatic rings. The van der Waals surface area contributed by atoms with Crippen molar-refractivity contribution in [3.63, 3.8) is 0 Å². The lowest BCUT2D eigenvalue weighted by atomic mass is 10.1. The van der Waals surface area contributed by atoms with E-state index in [2.05, 4.69) is 4.98 Å². The third-order valence-corrected chi connectivity index (χ3v) is 3.16. The number of nitrogen functional groups attached to an aromatic ring is 1. The van der Waals surface area contributed by atoms with Crippen LogP contribution in [0.4, 0.5) is 5.82 Å². The highest BCUT2D eigenvalue weighted by atomic mass is 16.5. The van der Waals surface area contributed by atoms with Crippen molar-refractivity contribution in [2.24, 2.45) is 0 Å². The van der Waals surface area contributed by atoms with Crippen molar-refractivity contribution in [2.75, 3.05) is 25.4 Å². The highest BCUT2D eigenvalue weighted by molar-refractivity contribution is 5.94. The third kappa shape index (κ3) is 2.98. The molecule has 2 N–H and O–H groups in total. The molecular formula is C13H19N3O2. The largest absolute Gasteiger partial charge is 0.384 e. The molecule has 1 aliphatic heterocycles. The van der Waals surface area contributed by atoms with Gasteiger partial charge in [0.25, 0.3) is 5.91 Å². The van der Waals surface area contributed by atoms with Crippen LogP contribution in [0.3, 0.4) is 0 Å². The maximum atomic E-state index is 12.2. The number of hydrogen-bond acceptors (Lipinski definition) is 4. The molecule has 0 unspecified atom stereocenters. The molecule has 1 fully saturated rings. The molecule has 1 amide bonds. The summed E-state index contributed by atoms with van der Waals surface area (Å²) in [5.41, 5.74) is 6.19. The normalized spacial score (nSPS) is 16.8. The van der Waals surface area contributed by atoms with Crippen LogP contribution in [0.25, 0.3) is 0 Å². The van der Waals surface area contributed by atoms with Crippen LogP contribution in [-0.4, -0.2) is 41.6 Å². The summed E-state index contributed by atoms with van der Waals surface area (Å²) in [6.07, 6.45) is 3.66. The number of aromatic nitrogens is 1. The third-order valence-electron chi connectivity index (χ3n) is 3.16. The predicted molar refractivity (Wildman–Crippen MR) is 69.2 cm³/mol. The molecule has 1 saturated heterocycles. The molecule has 0 atom stereocenters. The number of piperidine rings is 1. The summed E-state index contributed by atoms with van der Waals surface area (Å²) in [7, 11) is 0. The van der Waals surface area contributed by atoms with Gasteiger partial charge in [-0.2, -0.15) is 0 Å². The van der Waals surface area contributed by atoms with Crippen LogP contribution < -0.4 is 5.73 Å². The summed E-state index contributed by atoms with van der Waals surface area (Å²) in [5.74, 6) is 0.407. The van der Waals surface area contributed by atoms with E-state index in [1.807, 2.05) is 11.8 Å². The van der Waals surface area contributed by atoms with Gasteiger partial charge in [-0.3, -0.25) is 4.79 Å². The van der Waals surface area contributed by atoms with E-state index in [-0.39, 0.29) is 5.91 Å². The summed E-state index contributed by atoms with van der Waals surface area (Å²) in [4.78, 5) is 18.0. The Morgan fingerprint density at radius 2 is 2.28 bits per heavy atom. The van der Waals surface area contributed by atoms with Gasteiger partial charge in [0.15, 0.2) is 0 Å². The summed E-state index contributed by atoms with van der Waals surface area (Å²) >= 11 is 0. The minimum Gasteiger partial charge on any atom is -0.384 e. The standard InChI is InChI=1S/C13H19N3O2/c1-2-18-11-4-7-16(8-5-11)13(17)10-3-6-15-12(14)9-10/h3,6,9,11H,2,4-5,7-8H2,1H3,(H2,14,15). The fourth-order valence-corrected chi connectivity index (χ4v) is 2.23. The van der Waals surface area contributed by atoms with Gasteiger partial charge < -0.3 is 15.4 Å². The van der Waals surface area contributed by atoms with Crippen LogP contribution in [0.1, 0.15) is 30.1 Å². The number of hydrogen-bond donors (Lipinski definition) is 1. The lowest BCUT2D eigenvalue weighted by Crippen LogP contribution is -2.40. The fraction of sp³-hybridized carbons (Fsp3) is 0.538. The number of amides is 1. The zero-order valence-corrected chi connectivity index (χ0v) is 10.6. The lowest BCUT2D eigenvalue weighted by molar-refractivity contribution is 0.0146. The molecule has 0 aliphatic carbocycles. The second kappa shape index (κ2) is 5.82. The van der Waals surface area contributed by atoms with Gasteiger partial charge in [-0.05, 0) is 31.9 Å². The van der Waals surface area contributed by atoms with Crippen LogP contribution in [0.2, 0.25) is 0 Å². The van der Waals surface area contributed by atoms with Gasteiger partial charge in [-0.15, -0.1) is 0 Å². The first-order chi connectivity index (χ1) is 8.70. The van der Waals surface area contributed by atoms with Crippen LogP contribution in [-0.2, 0) is 4.74 Å². The highest BCUT2D eigenvalue weighted by Crippen LogP contribution is 2.16. The fourth-order valence-electron chi connectivity index (χ4n) is 2.23. The molecule has 0 spiro atoms. The number of nitrogens with two attached hydrogens (primary N) is 1. The summed E-state index contributed by atoms with van der Waals surface area (Å²) in [6.45, 7) is 4.22. The maximum Gasteiger partial charge on any atom is 0.254 e. The van der Waals surface area contributed by atoms with E-state index in [9.17, 15) is 4.79 Å². The minimum absolute atomic E-state index is 0.0269. The Bertz CT molecular complexity index is 414. The van der Waals surface area contributed by atoms with Crippen molar-refractivity contribution in [1.29, 1.82) is 0 Å². The number of anilines is 1. The summed E-state index contributed by atoms with van der Waals surface area (Å²) in [5, 5.41) is 0. The van der Waals surface area contributed by atoms with Gasteiger partial charge in [0.05, 0.1) is 6.10 Å². The first kappa shape index (κ1) is 12.8. The predicted octanol–water partition coefficient (Wildman–Crippen LogP) is 1.30. The van der Waals surface area contributed by atoms with Gasteiger partial charge >= 0.3 is 0 Å². The van der Waals surface area contributed by atoms with E-state index in [0.717, 1.165) is 32.5 Å². The van der Waals surface area contributed by atoms with Crippen LogP contribution >= 0.6 is 0 Å². The quantitative estimate of drug-likeness (QED) is 0.876. The Labute approximate surface area is 107 Å². The number of ether oxygens (including phenoxy) is 1. The van der Waals surface area contributed by atoms with E-state index in [0.29, 0.717) is 17.5 Å². The van der Waals surface area contributed by atoms with Gasteiger partial charge in [-0.1, -0.05) is 0 Å². The number of likely N-dealkylation sites (tertiary alicyclic amines) is 1. The Hall–Kier alpha value is -1.62. The molecule has 0 aromatic carbocycles. The first-order valence-corrected chi connectivity index (χ1v) is 6.33. The molecular weight excluding hydrogens is 230 g/mol. The number of nitrogens with zero attached hydrogens (tertiary/aromatic N) is 2. The topological polar surface area (TPSA) is 68.5 Å². The van der Waals surface area contributed by atoms with Crippen LogP contribution in [0, 0.1) is 0 Å². The molecule has 18 heavy (non-hydrogen) atoms. The van der Waals surface area contributed by atoms with E-state index < -0.39 is 0 Å². The zero-order chi connectivity index (χ0) is 13.0. The van der Waals surface area contributed by atoms with Gasteiger partial charge in [0.2, 0.25) is 0 Å². The molecule has 1 aromatic heterocycles. The smallest absolute Gasteiger partial charge is 0.254 e. The zero-order valence-electron chi connectivity index (χ0n) is 10.6. The van der Waals surface area contributed by atoms with Crippen molar-refractivity contribution < 1.29 is 9.53 Å². The van der Waals surface area contributed by atoms with Gasteiger partial charge in [0.1, 0.15) is 5.82 Å². The minimum atomic E-state index is 0.0269. The lowest BCUT2D eigenvalue weighted by Gasteiger charge is -2.31. The van der Waals surface area contributed by atoms with Crippen molar-refractivity contribution in [1.82, 2.24) is 9.88 Å². The van der Waals surface area contributed by atoms with Crippen LogP contribution in [0.5, 0.6) is 0 Å². The molecule has 0 bridgehead atoms. The maximum absolute atomic E-state index is 12.2. The molecule has 98 valence electrons. The molecule has 5 heteroatoms. The van der Waals surface area contributed by atoms with Crippen molar-refractivity contribution in [2.45, 2.75) is 25.9 Å². The number of pyridine rings is 1. The summed E-state index contributed by atoms with van der Waals surface area (Å²) < 4.78 is 5.57. The number of carbonyl (C=O) groups is 1. The van der Waals surface area contributed by atoms with E-state index in [1.54, 1.807) is 18.3 Å². The number of rotatable bonds is 3. The van der Waals surface area contributed by atoms with Crippen molar-refractivity contribution in [3.05, 3.63) is 23.9 Å². The molecule has 2 heterocycles.